The molecule has 7 heteroatoms. The first-order valence-electron chi connectivity index (χ1n) is 5.94. The molecule has 2 aromatic heterocycles. The summed E-state index contributed by atoms with van der Waals surface area (Å²) in [7, 11) is 0. The SMILES string of the molecule is CCOC(=O)c1c(NC(=O)c2ccc(Cl)o2)c[nH]c1C. The summed E-state index contributed by atoms with van der Waals surface area (Å²) < 4.78 is 9.94. The lowest BCUT2D eigenvalue weighted by Gasteiger charge is -2.05. The molecule has 0 aliphatic rings. The van der Waals surface area contributed by atoms with Gasteiger partial charge >= 0.3 is 5.97 Å². The number of halogens is 1. The van der Waals surface area contributed by atoms with Crippen LogP contribution < -0.4 is 5.32 Å². The van der Waals surface area contributed by atoms with Crippen molar-refractivity contribution >= 4 is 29.2 Å². The smallest absolute Gasteiger partial charge is 0.342 e. The van der Waals surface area contributed by atoms with E-state index < -0.39 is 11.9 Å². The first-order chi connectivity index (χ1) is 9.52. The Morgan fingerprint density at radius 2 is 2.20 bits per heavy atom. The van der Waals surface area contributed by atoms with E-state index >= 15 is 0 Å². The molecule has 1 amide bonds. The quantitative estimate of drug-likeness (QED) is 0.849. The van der Waals surface area contributed by atoms with Gasteiger partial charge in [0.15, 0.2) is 11.0 Å². The third-order valence-electron chi connectivity index (χ3n) is 2.60. The number of aromatic nitrogens is 1. The molecule has 0 saturated heterocycles. The molecule has 0 bridgehead atoms. The summed E-state index contributed by atoms with van der Waals surface area (Å²) in [6, 6.07) is 2.91. The van der Waals surface area contributed by atoms with Crippen LogP contribution in [-0.2, 0) is 4.74 Å². The monoisotopic (exact) mass is 296 g/mol. The Balaban J connectivity index is 2.22. The van der Waals surface area contributed by atoms with Gasteiger partial charge in [0.25, 0.3) is 5.91 Å². The molecule has 2 heterocycles. The molecule has 0 aliphatic carbocycles. The van der Waals surface area contributed by atoms with Gasteiger partial charge in [0.2, 0.25) is 0 Å². The van der Waals surface area contributed by atoms with Crippen molar-refractivity contribution in [3.63, 3.8) is 0 Å². The molecule has 0 unspecified atom stereocenters. The summed E-state index contributed by atoms with van der Waals surface area (Å²) in [5.74, 6) is -0.941. The molecule has 2 N–H and O–H groups in total. The number of aromatic amines is 1. The number of hydrogen-bond donors (Lipinski definition) is 2. The van der Waals surface area contributed by atoms with Gasteiger partial charge in [-0.3, -0.25) is 4.79 Å². The fourth-order valence-corrected chi connectivity index (χ4v) is 1.86. The van der Waals surface area contributed by atoms with E-state index in [1.54, 1.807) is 13.8 Å². The van der Waals surface area contributed by atoms with Crippen molar-refractivity contribution in [1.82, 2.24) is 4.98 Å². The number of esters is 1. The number of nitrogens with one attached hydrogen (secondary N) is 2. The Labute approximate surface area is 120 Å². The minimum atomic E-state index is -0.501. The summed E-state index contributed by atoms with van der Waals surface area (Å²) in [4.78, 5) is 26.6. The van der Waals surface area contributed by atoms with Crippen LogP contribution in [0.3, 0.4) is 0 Å². The first kappa shape index (κ1) is 14.2. The average Bonchev–Trinajstić information content (AvgIpc) is 2.96. The second-order valence-electron chi connectivity index (χ2n) is 3.98. The predicted molar refractivity (Wildman–Crippen MR) is 73.2 cm³/mol. The van der Waals surface area contributed by atoms with Gasteiger partial charge < -0.3 is 19.5 Å². The number of hydrogen-bond acceptors (Lipinski definition) is 4. The van der Waals surface area contributed by atoms with Gasteiger partial charge in [-0.2, -0.15) is 0 Å². The zero-order valence-corrected chi connectivity index (χ0v) is 11.7. The average molecular weight is 297 g/mol. The Hall–Kier alpha value is -2.21. The summed E-state index contributed by atoms with van der Waals surface area (Å²) in [6.07, 6.45) is 1.52. The molecule has 0 spiro atoms. The molecule has 0 radical (unpaired) electrons. The van der Waals surface area contributed by atoms with Crippen molar-refractivity contribution in [1.29, 1.82) is 0 Å². The summed E-state index contributed by atoms with van der Waals surface area (Å²) in [6.45, 7) is 3.68. The van der Waals surface area contributed by atoms with E-state index in [9.17, 15) is 9.59 Å². The van der Waals surface area contributed by atoms with Gasteiger partial charge in [0.1, 0.15) is 5.56 Å². The Bertz CT molecular complexity index is 645. The normalized spacial score (nSPS) is 10.3. The van der Waals surface area contributed by atoms with E-state index in [1.807, 2.05) is 0 Å². The molecule has 0 aliphatic heterocycles. The highest BCUT2D eigenvalue weighted by atomic mass is 35.5. The van der Waals surface area contributed by atoms with Crippen molar-refractivity contribution in [2.45, 2.75) is 13.8 Å². The summed E-state index contributed by atoms with van der Waals surface area (Å²) in [5.41, 5.74) is 1.23. The van der Waals surface area contributed by atoms with E-state index in [0.29, 0.717) is 11.4 Å². The van der Waals surface area contributed by atoms with Gasteiger partial charge in [0.05, 0.1) is 12.3 Å². The highest BCUT2D eigenvalue weighted by molar-refractivity contribution is 6.29. The standard InChI is InChI=1S/C13H13ClN2O4/c1-3-19-13(18)11-7(2)15-6-8(11)16-12(17)9-4-5-10(14)20-9/h4-6,15H,3H2,1-2H3,(H,16,17). The van der Waals surface area contributed by atoms with Gasteiger partial charge in [-0.05, 0) is 37.6 Å². The number of H-pyrrole nitrogens is 1. The van der Waals surface area contributed by atoms with Crippen LogP contribution in [-0.4, -0.2) is 23.5 Å². The molecular formula is C13H13ClN2O4. The number of aryl methyl sites for hydroxylation is 1. The number of rotatable bonds is 4. The number of ether oxygens (including phenoxy) is 1. The third kappa shape index (κ3) is 2.85. The van der Waals surface area contributed by atoms with Crippen LogP contribution in [0.5, 0.6) is 0 Å². The van der Waals surface area contributed by atoms with Gasteiger partial charge in [-0.25, -0.2) is 4.79 Å². The molecule has 20 heavy (non-hydrogen) atoms. The lowest BCUT2D eigenvalue weighted by atomic mass is 10.2. The molecule has 106 valence electrons. The van der Waals surface area contributed by atoms with Crippen molar-refractivity contribution in [3.8, 4) is 0 Å². The second kappa shape index (κ2) is 5.83. The number of carbonyl (C=O) groups is 2. The maximum Gasteiger partial charge on any atom is 0.342 e. The third-order valence-corrected chi connectivity index (χ3v) is 2.81. The van der Waals surface area contributed by atoms with E-state index in [1.165, 1.54) is 18.3 Å². The summed E-state index contributed by atoms with van der Waals surface area (Å²) in [5, 5.41) is 2.69. The minimum absolute atomic E-state index is 0.0589. The molecule has 0 atom stereocenters. The van der Waals surface area contributed by atoms with Gasteiger partial charge in [0, 0.05) is 11.9 Å². The van der Waals surface area contributed by atoms with Crippen molar-refractivity contribution in [2.24, 2.45) is 0 Å². The van der Waals surface area contributed by atoms with Crippen LogP contribution in [0.25, 0.3) is 0 Å². The molecule has 6 nitrogen and oxygen atoms in total. The highest BCUT2D eigenvalue weighted by Crippen LogP contribution is 2.22. The van der Waals surface area contributed by atoms with E-state index in [-0.39, 0.29) is 23.2 Å². The molecule has 2 aromatic rings. The lowest BCUT2D eigenvalue weighted by molar-refractivity contribution is 0.0527. The second-order valence-corrected chi connectivity index (χ2v) is 4.35. The van der Waals surface area contributed by atoms with Gasteiger partial charge in [-0.15, -0.1) is 0 Å². The number of anilines is 1. The molecule has 0 saturated carbocycles. The lowest BCUT2D eigenvalue weighted by Crippen LogP contribution is -2.14. The van der Waals surface area contributed by atoms with Crippen LogP contribution in [0, 0.1) is 6.92 Å². The number of amides is 1. The van der Waals surface area contributed by atoms with Crippen LogP contribution in [0.4, 0.5) is 5.69 Å². The highest BCUT2D eigenvalue weighted by Gasteiger charge is 2.20. The zero-order valence-electron chi connectivity index (χ0n) is 11.0. The Morgan fingerprint density at radius 1 is 1.45 bits per heavy atom. The predicted octanol–water partition coefficient (Wildman–Crippen LogP) is 3.00. The summed E-state index contributed by atoms with van der Waals surface area (Å²) >= 11 is 5.61. The maximum atomic E-state index is 11.9. The van der Waals surface area contributed by atoms with Crippen molar-refractivity contribution < 1.29 is 18.7 Å². The topological polar surface area (TPSA) is 84.3 Å². The van der Waals surface area contributed by atoms with E-state index in [2.05, 4.69) is 10.3 Å². The zero-order chi connectivity index (χ0) is 14.7. The number of furan rings is 1. The van der Waals surface area contributed by atoms with Crippen LogP contribution in [0.15, 0.2) is 22.7 Å². The molecule has 2 rings (SSSR count). The molecule has 0 fully saturated rings. The van der Waals surface area contributed by atoms with E-state index in [0.717, 1.165) is 0 Å². The van der Waals surface area contributed by atoms with Crippen LogP contribution in [0.1, 0.15) is 33.5 Å². The largest absolute Gasteiger partial charge is 0.462 e. The van der Waals surface area contributed by atoms with E-state index in [4.69, 9.17) is 20.8 Å². The van der Waals surface area contributed by atoms with Crippen molar-refractivity contribution in [3.05, 3.63) is 40.6 Å². The molecular weight excluding hydrogens is 284 g/mol. The molecule has 0 aromatic carbocycles. The fraction of sp³-hybridized carbons (Fsp3) is 0.231. The van der Waals surface area contributed by atoms with Crippen molar-refractivity contribution in [2.75, 3.05) is 11.9 Å². The number of carbonyl (C=O) groups excluding carboxylic acids is 2. The van der Waals surface area contributed by atoms with Gasteiger partial charge in [-0.1, -0.05) is 0 Å². The van der Waals surface area contributed by atoms with Crippen LogP contribution >= 0.6 is 11.6 Å². The Kier molecular flexibility index (Phi) is 4.14. The fourth-order valence-electron chi connectivity index (χ4n) is 1.71. The Morgan fingerprint density at radius 3 is 2.80 bits per heavy atom. The van der Waals surface area contributed by atoms with Crippen LogP contribution in [0.2, 0.25) is 5.22 Å². The first-order valence-corrected chi connectivity index (χ1v) is 6.32. The minimum Gasteiger partial charge on any atom is -0.462 e. The maximum absolute atomic E-state index is 11.9.